The van der Waals surface area contributed by atoms with Crippen molar-refractivity contribution in [2.75, 3.05) is 20.4 Å². The zero-order chi connectivity index (χ0) is 13.3. The van der Waals surface area contributed by atoms with E-state index in [1.807, 2.05) is 42.5 Å². The Morgan fingerprint density at radius 2 is 1.58 bits per heavy atom. The summed E-state index contributed by atoms with van der Waals surface area (Å²) in [5, 5.41) is 3.18. The molecule has 2 rings (SSSR count). The Bertz CT molecular complexity index is 468. The second kappa shape index (κ2) is 7.56. The summed E-state index contributed by atoms with van der Waals surface area (Å²) in [4.78, 5) is 0. The van der Waals surface area contributed by atoms with Crippen LogP contribution in [0.4, 0.5) is 0 Å². The number of hydrogen-bond donors (Lipinski definition) is 1. The average Bonchev–Trinajstić information content (AvgIpc) is 2.46. The first-order chi connectivity index (χ1) is 9.38. The summed E-state index contributed by atoms with van der Waals surface area (Å²) in [6, 6.07) is 18.0. The van der Waals surface area contributed by atoms with Gasteiger partial charge in [0.2, 0.25) is 0 Å². The molecule has 0 aromatic heterocycles. The van der Waals surface area contributed by atoms with Crippen molar-refractivity contribution < 1.29 is 9.47 Å². The van der Waals surface area contributed by atoms with Crippen molar-refractivity contribution in [3.8, 4) is 11.5 Å². The van der Waals surface area contributed by atoms with E-state index in [4.69, 9.17) is 9.47 Å². The zero-order valence-corrected chi connectivity index (χ0v) is 11.1. The first-order valence-electron chi connectivity index (χ1n) is 6.40. The monoisotopic (exact) mass is 257 g/mol. The number of hydrogen-bond acceptors (Lipinski definition) is 3. The molecule has 0 radical (unpaired) electrons. The third-order valence-corrected chi connectivity index (χ3v) is 2.74. The van der Waals surface area contributed by atoms with Crippen LogP contribution in [0.2, 0.25) is 0 Å². The molecule has 1 N–H and O–H groups in total. The molecule has 100 valence electrons. The van der Waals surface area contributed by atoms with Gasteiger partial charge in [0.05, 0.1) is 6.73 Å². The van der Waals surface area contributed by atoms with Crippen LogP contribution in [0.25, 0.3) is 0 Å². The third-order valence-electron chi connectivity index (χ3n) is 2.74. The van der Waals surface area contributed by atoms with E-state index in [-0.39, 0.29) is 0 Å². The fourth-order valence-corrected chi connectivity index (χ4v) is 1.76. The summed E-state index contributed by atoms with van der Waals surface area (Å²) in [7, 11) is 1.68. The number of ether oxygens (including phenoxy) is 2. The average molecular weight is 257 g/mol. The van der Waals surface area contributed by atoms with Gasteiger partial charge < -0.3 is 9.47 Å². The number of benzene rings is 2. The topological polar surface area (TPSA) is 30.5 Å². The van der Waals surface area contributed by atoms with Crippen LogP contribution in [0.3, 0.4) is 0 Å². The van der Waals surface area contributed by atoms with E-state index in [0.717, 1.165) is 24.5 Å². The molecule has 2 aromatic carbocycles. The fraction of sp³-hybridized carbons (Fsp3) is 0.250. The minimum Gasteiger partial charge on any atom is -0.457 e. The molecular weight excluding hydrogens is 238 g/mol. The molecule has 0 bridgehead atoms. The van der Waals surface area contributed by atoms with Crippen molar-refractivity contribution in [3.05, 3.63) is 60.2 Å². The molecule has 3 nitrogen and oxygen atoms in total. The Labute approximate surface area is 114 Å². The van der Waals surface area contributed by atoms with Gasteiger partial charge in [-0.3, -0.25) is 5.32 Å². The van der Waals surface area contributed by atoms with Crippen molar-refractivity contribution in [1.82, 2.24) is 5.32 Å². The van der Waals surface area contributed by atoms with Gasteiger partial charge in [-0.1, -0.05) is 30.3 Å². The lowest BCUT2D eigenvalue weighted by atomic mass is 10.1. The minimum absolute atomic E-state index is 0.592. The van der Waals surface area contributed by atoms with Gasteiger partial charge >= 0.3 is 0 Å². The van der Waals surface area contributed by atoms with E-state index in [1.54, 1.807) is 7.11 Å². The predicted molar refractivity (Wildman–Crippen MR) is 76.5 cm³/mol. The Kier molecular flexibility index (Phi) is 5.41. The van der Waals surface area contributed by atoms with Crippen molar-refractivity contribution in [1.29, 1.82) is 0 Å². The quantitative estimate of drug-likeness (QED) is 0.610. The van der Waals surface area contributed by atoms with Gasteiger partial charge in [0, 0.05) is 13.7 Å². The van der Waals surface area contributed by atoms with E-state index in [0.29, 0.717) is 6.73 Å². The second-order valence-electron chi connectivity index (χ2n) is 4.24. The molecule has 0 heterocycles. The summed E-state index contributed by atoms with van der Waals surface area (Å²) in [6.45, 7) is 1.50. The summed E-state index contributed by atoms with van der Waals surface area (Å²) < 4.78 is 10.7. The predicted octanol–water partition coefficient (Wildman–Crippen LogP) is 3.21. The highest BCUT2D eigenvalue weighted by atomic mass is 16.5. The highest BCUT2D eigenvalue weighted by Crippen LogP contribution is 2.21. The van der Waals surface area contributed by atoms with Gasteiger partial charge in [0.25, 0.3) is 0 Å². The molecule has 2 aromatic rings. The second-order valence-corrected chi connectivity index (χ2v) is 4.24. The fourth-order valence-electron chi connectivity index (χ4n) is 1.76. The highest BCUT2D eigenvalue weighted by Gasteiger charge is 1.97. The highest BCUT2D eigenvalue weighted by molar-refractivity contribution is 5.32. The number of rotatable bonds is 7. The number of para-hydroxylation sites is 1. The third kappa shape index (κ3) is 4.73. The molecule has 0 aliphatic heterocycles. The smallest absolute Gasteiger partial charge is 0.127 e. The lowest BCUT2D eigenvalue weighted by molar-refractivity contribution is 0.176. The zero-order valence-electron chi connectivity index (χ0n) is 11.1. The molecule has 0 unspecified atom stereocenters. The summed E-state index contributed by atoms with van der Waals surface area (Å²) in [5.41, 5.74) is 1.28. The Morgan fingerprint density at radius 3 is 2.26 bits per heavy atom. The molecule has 19 heavy (non-hydrogen) atoms. The molecule has 3 heteroatoms. The Morgan fingerprint density at radius 1 is 0.895 bits per heavy atom. The number of nitrogens with one attached hydrogen (secondary N) is 1. The summed E-state index contributed by atoms with van der Waals surface area (Å²) in [6.07, 6.45) is 0.981. The van der Waals surface area contributed by atoms with Crippen LogP contribution >= 0.6 is 0 Å². The van der Waals surface area contributed by atoms with Crippen LogP contribution in [-0.4, -0.2) is 20.4 Å². The van der Waals surface area contributed by atoms with Gasteiger partial charge in [-0.15, -0.1) is 0 Å². The van der Waals surface area contributed by atoms with Gasteiger partial charge in [-0.05, 0) is 36.2 Å². The molecule has 0 aliphatic carbocycles. The lowest BCUT2D eigenvalue weighted by Gasteiger charge is -2.07. The molecule has 0 spiro atoms. The lowest BCUT2D eigenvalue weighted by Crippen LogP contribution is -2.19. The van der Waals surface area contributed by atoms with E-state index < -0.39 is 0 Å². The molecular formula is C16H19NO2. The largest absolute Gasteiger partial charge is 0.457 e. The molecule has 0 atom stereocenters. The van der Waals surface area contributed by atoms with E-state index in [2.05, 4.69) is 17.4 Å². The molecule has 0 amide bonds. The first-order valence-corrected chi connectivity index (χ1v) is 6.40. The Hall–Kier alpha value is -1.84. The normalized spacial score (nSPS) is 10.4. The van der Waals surface area contributed by atoms with Crippen molar-refractivity contribution in [2.24, 2.45) is 0 Å². The molecule has 0 saturated heterocycles. The molecule has 0 fully saturated rings. The van der Waals surface area contributed by atoms with Gasteiger partial charge in [-0.25, -0.2) is 0 Å². The molecule has 0 saturated carbocycles. The maximum atomic E-state index is 5.74. The first kappa shape index (κ1) is 13.6. The Balaban J connectivity index is 1.84. The minimum atomic E-state index is 0.592. The van der Waals surface area contributed by atoms with Gasteiger partial charge in [0.15, 0.2) is 0 Å². The maximum Gasteiger partial charge on any atom is 0.127 e. The van der Waals surface area contributed by atoms with E-state index in [1.165, 1.54) is 5.56 Å². The summed E-state index contributed by atoms with van der Waals surface area (Å²) >= 11 is 0. The van der Waals surface area contributed by atoms with Crippen LogP contribution in [0.15, 0.2) is 54.6 Å². The van der Waals surface area contributed by atoms with Crippen LogP contribution in [0, 0.1) is 0 Å². The van der Waals surface area contributed by atoms with E-state index >= 15 is 0 Å². The van der Waals surface area contributed by atoms with Crippen molar-refractivity contribution >= 4 is 0 Å². The van der Waals surface area contributed by atoms with E-state index in [9.17, 15) is 0 Å². The SMILES string of the molecule is COCNCCc1ccc(Oc2ccccc2)cc1. The van der Waals surface area contributed by atoms with Crippen LogP contribution in [0.5, 0.6) is 11.5 Å². The maximum absolute atomic E-state index is 5.74. The van der Waals surface area contributed by atoms with Crippen molar-refractivity contribution in [3.63, 3.8) is 0 Å². The van der Waals surface area contributed by atoms with Gasteiger partial charge in [-0.2, -0.15) is 0 Å². The van der Waals surface area contributed by atoms with Gasteiger partial charge in [0.1, 0.15) is 11.5 Å². The number of methoxy groups -OCH3 is 1. The van der Waals surface area contributed by atoms with Crippen LogP contribution in [0.1, 0.15) is 5.56 Å². The van der Waals surface area contributed by atoms with Crippen LogP contribution < -0.4 is 10.1 Å². The van der Waals surface area contributed by atoms with Crippen molar-refractivity contribution in [2.45, 2.75) is 6.42 Å². The standard InChI is InChI=1S/C16H19NO2/c1-18-13-17-12-11-14-7-9-16(10-8-14)19-15-5-3-2-4-6-15/h2-10,17H,11-13H2,1H3. The van der Waals surface area contributed by atoms with Crippen LogP contribution in [-0.2, 0) is 11.2 Å². The molecule has 0 aliphatic rings. The summed E-state index contributed by atoms with van der Waals surface area (Å²) in [5.74, 6) is 1.72.